The molecule has 29 heavy (non-hydrogen) atoms. The van der Waals surface area contributed by atoms with E-state index in [1.807, 2.05) is 4.90 Å². The van der Waals surface area contributed by atoms with E-state index >= 15 is 0 Å². The molecule has 0 radical (unpaired) electrons. The molecule has 2 atom stereocenters. The smallest absolute Gasteiger partial charge is 0.320 e. The molecular formula is C20H21FN4O4. The van der Waals surface area contributed by atoms with Crippen molar-refractivity contribution in [1.82, 2.24) is 10.2 Å². The number of nitrogens with zero attached hydrogens (tertiary/aromatic N) is 3. The van der Waals surface area contributed by atoms with Crippen molar-refractivity contribution in [3.8, 4) is 0 Å². The van der Waals surface area contributed by atoms with Crippen molar-refractivity contribution < 1.29 is 23.1 Å². The number of carbonyl (C=O) groups is 2. The highest BCUT2D eigenvalue weighted by Crippen LogP contribution is 2.31. The SMILES string of the molecule is COC(=O)[C@@H]1C(=O)NC(N2CCN(c3ccc(F)cc3)CC2)=N[C@H]1c1ccco1. The van der Waals surface area contributed by atoms with Crippen molar-refractivity contribution in [1.29, 1.82) is 0 Å². The molecule has 1 fully saturated rings. The quantitative estimate of drug-likeness (QED) is 0.622. The van der Waals surface area contributed by atoms with Gasteiger partial charge in [-0.3, -0.25) is 14.9 Å². The maximum atomic E-state index is 13.1. The number of esters is 1. The van der Waals surface area contributed by atoms with Crippen LogP contribution >= 0.6 is 0 Å². The number of halogens is 1. The normalized spacial score (nSPS) is 22.1. The van der Waals surface area contributed by atoms with Crippen LogP contribution in [0.1, 0.15) is 11.8 Å². The minimum absolute atomic E-state index is 0.268. The number of hydrogen-bond donors (Lipinski definition) is 1. The minimum Gasteiger partial charge on any atom is -0.468 e. The lowest BCUT2D eigenvalue weighted by molar-refractivity contribution is -0.151. The third kappa shape index (κ3) is 3.80. The summed E-state index contributed by atoms with van der Waals surface area (Å²) in [6.45, 7) is 2.60. The summed E-state index contributed by atoms with van der Waals surface area (Å²) in [6.07, 6.45) is 1.48. The van der Waals surface area contributed by atoms with Crippen LogP contribution in [-0.4, -0.2) is 56.0 Å². The fourth-order valence-electron chi connectivity index (χ4n) is 3.61. The average Bonchev–Trinajstić information content (AvgIpc) is 3.28. The van der Waals surface area contributed by atoms with Gasteiger partial charge in [0.15, 0.2) is 5.92 Å². The molecule has 1 N–H and O–H groups in total. The van der Waals surface area contributed by atoms with E-state index in [9.17, 15) is 14.0 Å². The molecule has 152 valence electrons. The van der Waals surface area contributed by atoms with E-state index in [4.69, 9.17) is 9.15 Å². The van der Waals surface area contributed by atoms with E-state index in [-0.39, 0.29) is 5.82 Å². The molecule has 3 heterocycles. The first-order valence-corrected chi connectivity index (χ1v) is 9.32. The van der Waals surface area contributed by atoms with Gasteiger partial charge in [-0.25, -0.2) is 9.38 Å². The highest BCUT2D eigenvalue weighted by atomic mass is 19.1. The Labute approximate surface area is 166 Å². The summed E-state index contributed by atoms with van der Waals surface area (Å²) in [7, 11) is 1.24. The third-order valence-corrected chi connectivity index (χ3v) is 5.16. The molecule has 8 nitrogen and oxygen atoms in total. The number of carbonyl (C=O) groups excluding carboxylic acids is 2. The third-order valence-electron chi connectivity index (χ3n) is 5.16. The molecule has 1 amide bonds. The van der Waals surface area contributed by atoms with Gasteiger partial charge in [0, 0.05) is 31.9 Å². The number of aliphatic imine (C=N–C) groups is 1. The Balaban J connectivity index is 1.52. The second kappa shape index (κ2) is 7.94. The van der Waals surface area contributed by atoms with Crippen LogP contribution < -0.4 is 10.2 Å². The molecule has 0 spiro atoms. The second-order valence-electron chi connectivity index (χ2n) is 6.85. The van der Waals surface area contributed by atoms with Gasteiger partial charge in [0.05, 0.1) is 13.4 Å². The minimum atomic E-state index is -1.10. The number of benzene rings is 1. The van der Waals surface area contributed by atoms with E-state index in [0.717, 1.165) is 5.69 Å². The summed E-state index contributed by atoms with van der Waals surface area (Å²) in [4.78, 5) is 33.5. The lowest BCUT2D eigenvalue weighted by atomic mass is 9.95. The molecule has 1 saturated heterocycles. The Kier molecular flexibility index (Phi) is 5.20. The Morgan fingerprint density at radius 2 is 1.86 bits per heavy atom. The zero-order chi connectivity index (χ0) is 20.4. The van der Waals surface area contributed by atoms with Gasteiger partial charge in [0.25, 0.3) is 0 Å². The number of methoxy groups -OCH3 is 1. The zero-order valence-corrected chi connectivity index (χ0v) is 15.9. The molecule has 2 aliphatic heterocycles. The van der Waals surface area contributed by atoms with Gasteiger partial charge >= 0.3 is 5.97 Å². The van der Waals surface area contributed by atoms with Gasteiger partial charge in [-0.05, 0) is 36.4 Å². The molecule has 0 bridgehead atoms. The van der Waals surface area contributed by atoms with Crippen LogP contribution in [0.15, 0.2) is 52.1 Å². The van der Waals surface area contributed by atoms with Gasteiger partial charge in [-0.2, -0.15) is 0 Å². The lowest BCUT2D eigenvalue weighted by Gasteiger charge is -2.39. The fraction of sp³-hybridized carbons (Fsp3) is 0.350. The maximum Gasteiger partial charge on any atom is 0.320 e. The first-order valence-electron chi connectivity index (χ1n) is 9.32. The van der Waals surface area contributed by atoms with Crippen LogP contribution in [0, 0.1) is 11.7 Å². The van der Waals surface area contributed by atoms with Gasteiger partial charge in [-0.1, -0.05) is 0 Å². The van der Waals surface area contributed by atoms with Crippen molar-refractivity contribution in [3.05, 3.63) is 54.2 Å². The van der Waals surface area contributed by atoms with E-state index in [1.165, 1.54) is 25.5 Å². The highest BCUT2D eigenvalue weighted by molar-refractivity contribution is 6.08. The summed E-state index contributed by atoms with van der Waals surface area (Å²) in [5.41, 5.74) is 0.944. The first-order chi connectivity index (χ1) is 14.1. The Bertz CT molecular complexity index is 905. The summed E-state index contributed by atoms with van der Waals surface area (Å²) < 4.78 is 23.3. The van der Waals surface area contributed by atoms with Gasteiger partial charge in [0.1, 0.15) is 17.6 Å². The summed E-state index contributed by atoms with van der Waals surface area (Å²) in [6, 6.07) is 8.97. The van der Waals surface area contributed by atoms with Gasteiger partial charge in [0.2, 0.25) is 11.9 Å². The van der Waals surface area contributed by atoms with Crippen LogP contribution in [0.5, 0.6) is 0 Å². The average molecular weight is 400 g/mol. The molecule has 1 aromatic carbocycles. The summed E-state index contributed by atoms with van der Waals surface area (Å²) >= 11 is 0. The monoisotopic (exact) mass is 400 g/mol. The van der Waals surface area contributed by atoms with E-state index in [2.05, 4.69) is 15.2 Å². The number of furan rings is 1. The Morgan fingerprint density at radius 1 is 1.17 bits per heavy atom. The zero-order valence-electron chi connectivity index (χ0n) is 15.9. The maximum absolute atomic E-state index is 13.1. The van der Waals surface area contributed by atoms with Crippen molar-refractivity contribution in [2.24, 2.45) is 10.9 Å². The highest BCUT2D eigenvalue weighted by Gasteiger charge is 2.43. The molecule has 0 aliphatic carbocycles. The van der Waals surface area contributed by atoms with Crippen molar-refractivity contribution in [3.63, 3.8) is 0 Å². The van der Waals surface area contributed by atoms with Crippen molar-refractivity contribution >= 4 is 23.5 Å². The Morgan fingerprint density at radius 3 is 2.48 bits per heavy atom. The number of nitrogens with one attached hydrogen (secondary N) is 1. The van der Waals surface area contributed by atoms with Crippen LogP contribution in [0.25, 0.3) is 0 Å². The second-order valence-corrected chi connectivity index (χ2v) is 6.85. The van der Waals surface area contributed by atoms with Crippen LogP contribution in [-0.2, 0) is 14.3 Å². The number of hydrogen-bond acceptors (Lipinski definition) is 7. The number of ether oxygens (including phenoxy) is 1. The molecule has 0 saturated carbocycles. The number of amides is 1. The fourth-order valence-corrected chi connectivity index (χ4v) is 3.61. The number of guanidine groups is 1. The van der Waals surface area contributed by atoms with Crippen LogP contribution in [0.4, 0.5) is 10.1 Å². The lowest BCUT2D eigenvalue weighted by Crippen LogP contribution is -2.57. The largest absolute Gasteiger partial charge is 0.468 e. The molecular weight excluding hydrogens is 379 g/mol. The summed E-state index contributed by atoms with van der Waals surface area (Å²) in [5, 5.41) is 2.73. The van der Waals surface area contributed by atoms with Crippen molar-refractivity contribution in [2.75, 3.05) is 38.2 Å². The first kappa shape index (κ1) is 19.0. The predicted octanol–water partition coefficient (Wildman–Crippen LogP) is 1.56. The van der Waals surface area contributed by atoms with Crippen LogP contribution in [0.3, 0.4) is 0 Å². The van der Waals surface area contributed by atoms with Crippen molar-refractivity contribution in [2.45, 2.75) is 6.04 Å². The molecule has 2 aromatic rings. The Hall–Kier alpha value is -3.36. The topological polar surface area (TPSA) is 87.4 Å². The van der Waals surface area contributed by atoms with E-state index < -0.39 is 23.8 Å². The predicted molar refractivity (Wildman–Crippen MR) is 103 cm³/mol. The molecule has 9 heteroatoms. The summed E-state index contributed by atoms with van der Waals surface area (Å²) in [5.74, 6) is -1.66. The van der Waals surface area contributed by atoms with Gasteiger partial charge in [-0.15, -0.1) is 0 Å². The molecule has 2 aliphatic rings. The molecule has 1 aromatic heterocycles. The standard InChI is InChI=1S/C20H21FN4O4/c1-28-19(27)16-17(15-3-2-12-29-15)22-20(23-18(16)26)25-10-8-24(9-11-25)14-6-4-13(21)5-7-14/h2-7,12,16-17H,8-11H2,1H3,(H,22,23,26)/t16-,17-/m0/s1. The molecule has 0 unspecified atom stereocenters. The van der Waals surface area contributed by atoms with E-state index in [0.29, 0.717) is 37.9 Å². The van der Waals surface area contributed by atoms with Gasteiger partial charge < -0.3 is 19.0 Å². The van der Waals surface area contributed by atoms with E-state index in [1.54, 1.807) is 24.3 Å². The number of piperazine rings is 1. The number of anilines is 1. The number of rotatable bonds is 3. The van der Waals surface area contributed by atoms with Crippen LogP contribution in [0.2, 0.25) is 0 Å². The molecule has 4 rings (SSSR count).